The molecular weight excluding hydrogens is 594 g/mol. The Kier molecular flexibility index (Phi) is 10.8. The first-order valence-electron chi connectivity index (χ1n) is 11.7. The van der Waals surface area contributed by atoms with Crippen LogP contribution in [0.2, 0.25) is 0 Å². The van der Waals surface area contributed by atoms with Crippen LogP contribution in [0.4, 0.5) is 5.69 Å². The first-order chi connectivity index (χ1) is 17.6. The predicted molar refractivity (Wildman–Crippen MR) is 152 cm³/mol. The van der Waals surface area contributed by atoms with Gasteiger partial charge in [-0.2, -0.15) is 4.31 Å². The van der Waals surface area contributed by atoms with E-state index in [1.165, 1.54) is 10.4 Å². The maximum atomic E-state index is 14.0. The van der Waals surface area contributed by atoms with Gasteiger partial charge in [-0.15, -0.1) is 5.73 Å². The van der Waals surface area contributed by atoms with Crippen LogP contribution in [0.5, 0.6) is 0 Å². The van der Waals surface area contributed by atoms with Gasteiger partial charge in [0.1, 0.15) is 0 Å². The highest BCUT2D eigenvalue weighted by molar-refractivity contribution is 9.11. The highest BCUT2D eigenvalue weighted by atomic mass is 79.9. The summed E-state index contributed by atoms with van der Waals surface area (Å²) in [5.74, 6) is -0.106. The minimum Gasteiger partial charge on any atom is -0.258 e. The van der Waals surface area contributed by atoms with Crippen molar-refractivity contribution in [1.82, 2.24) is 9.03 Å². The van der Waals surface area contributed by atoms with Gasteiger partial charge in [0.15, 0.2) is 0 Å². The van der Waals surface area contributed by atoms with Crippen LogP contribution in [-0.2, 0) is 20.0 Å². The molecule has 0 radical (unpaired) electrons. The average Bonchev–Trinajstić information content (AvgIpc) is 2.80. The number of nitrogens with one attached hydrogen (secondary N) is 1. The van der Waals surface area contributed by atoms with Crippen LogP contribution in [-0.4, -0.2) is 45.2 Å². The largest absolute Gasteiger partial charge is 0.269 e. The van der Waals surface area contributed by atoms with Crippen molar-refractivity contribution >= 4 is 41.7 Å². The van der Waals surface area contributed by atoms with Crippen molar-refractivity contribution < 1.29 is 21.8 Å². The van der Waals surface area contributed by atoms with Crippen molar-refractivity contribution in [2.24, 2.45) is 5.92 Å². The summed E-state index contributed by atoms with van der Waals surface area (Å²) in [5, 5.41) is 10.8. The van der Waals surface area contributed by atoms with Crippen LogP contribution in [0.3, 0.4) is 0 Å². The summed E-state index contributed by atoms with van der Waals surface area (Å²) in [4.78, 5) is 10.3. The number of non-ortho nitro benzene ring substituents is 1. The fourth-order valence-electron chi connectivity index (χ4n) is 4.08. The summed E-state index contributed by atoms with van der Waals surface area (Å²) in [5.41, 5.74) is 4.71. The van der Waals surface area contributed by atoms with Gasteiger partial charge in [-0.3, -0.25) is 10.1 Å². The lowest BCUT2D eigenvalue weighted by Gasteiger charge is -2.32. The van der Waals surface area contributed by atoms with Gasteiger partial charge in [0.25, 0.3) is 5.69 Å². The first-order valence-corrected chi connectivity index (χ1v) is 15.4. The molecule has 0 bridgehead atoms. The Morgan fingerprint density at radius 1 is 1.13 bits per heavy atom. The highest BCUT2D eigenvalue weighted by Gasteiger charge is 2.34. The van der Waals surface area contributed by atoms with E-state index in [9.17, 15) is 26.9 Å². The van der Waals surface area contributed by atoms with E-state index in [0.717, 1.165) is 29.8 Å². The van der Waals surface area contributed by atoms with E-state index in [4.69, 9.17) is 0 Å². The van der Waals surface area contributed by atoms with Gasteiger partial charge in [-0.1, -0.05) is 60.1 Å². The summed E-state index contributed by atoms with van der Waals surface area (Å²) < 4.78 is 57.4. The maximum Gasteiger partial charge on any atom is 0.269 e. The van der Waals surface area contributed by atoms with Crippen molar-refractivity contribution in [2.75, 3.05) is 13.1 Å². The van der Waals surface area contributed by atoms with E-state index in [1.807, 2.05) is 32.9 Å². The minimum absolute atomic E-state index is 0.0601. The lowest BCUT2D eigenvalue weighted by atomic mass is 10.0. The normalized spacial score (nSPS) is 13.4. The third-order valence-corrected chi connectivity index (χ3v) is 9.90. The highest BCUT2D eigenvalue weighted by Crippen LogP contribution is 2.30. The zero-order valence-electron chi connectivity index (χ0n) is 21.9. The smallest absolute Gasteiger partial charge is 0.258 e. The molecule has 0 fully saturated rings. The molecular formula is C26H32BrN3O6S2. The van der Waals surface area contributed by atoms with E-state index >= 15 is 0 Å². The summed E-state index contributed by atoms with van der Waals surface area (Å²) >= 11 is 3.41. The number of hydrogen-bond donors (Lipinski definition) is 1. The van der Waals surface area contributed by atoms with E-state index in [0.29, 0.717) is 15.6 Å². The average molecular weight is 627 g/mol. The molecule has 12 heteroatoms. The van der Waals surface area contributed by atoms with Gasteiger partial charge in [-0.05, 0) is 56.0 Å². The van der Waals surface area contributed by atoms with Crippen molar-refractivity contribution in [1.29, 1.82) is 0 Å². The van der Waals surface area contributed by atoms with Crippen LogP contribution < -0.4 is 4.72 Å². The minimum atomic E-state index is -3.98. The predicted octanol–water partition coefficient (Wildman–Crippen LogP) is 5.13. The van der Waals surface area contributed by atoms with Gasteiger partial charge in [0.05, 0.1) is 20.8 Å². The molecule has 2 aromatic rings. The molecule has 0 aromatic heterocycles. The zero-order chi connectivity index (χ0) is 28.8. The van der Waals surface area contributed by atoms with Gasteiger partial charge in [0.2, 0.25) is 20.0 Å². The van der Waals surface area contributed by atoms with Gasteiger partial charge < -0.3 is 0 Å². The number of sulfonamides is 2. The SMILES string of the molecule is C=C=C[C@H](C(C)C)N(C/C(Br)=C/CNS(=O)(=O)c1ccc([N+](=O)[O-])cc1)S(=O)(=O)c1c(C)cc(C)cc1C. The first kappa shape index (κ1) is 31.6. The van der Waals surface area contributed by atoms with Crippen molar-refractivity contribution in [3.63, 3.8) is 0 Å². The molecule has 0 amide bonds. The molecule has 9 nitrogen and oxygen atoms in total. The van der Waals surface area contributed by atoms with Crippen LogP contribution in [0, 0.1) is 36.8 Å². The molecule has 1 atom stereocenters. The fraction of sp³-hybridized carbons (Fsp3) is 0.346. The van der Waals surface area contributed by atoms with Crippen LogP contribution in [0.25, 0.3) is 0 Å². The Bertz CT molecular complexity index is 1450. The molecule has 0 aliphatic rings. The molecule has 1 N–H and O–H groups in total. The Morgan fingerprint density at radius 2 is 1.68 bits per heavy atom. The third-order valence-electron chi connectivity index (χ3n) is 5.74. The van der Waals surface area contributed by atoms with Crippen LogP contribution in [0.1, 0.15) is 30.5 Å². The van der Waals surface area contributed by atoms with Crippen molar-refractivity contribution in [3.8, 4) is 0 Å². The quantitative estimate of drug-likeness (QED) is 0.198. The lowest BCUT2D eigenvalue weighted by molar-refractivity contribution is -0.384. The number of nitrogens with zero attached hydrogens (tertiary/aromatic N) is 2. The zero-order valence-corrected chi connectivity index (χ0v) is 25.2. The molecule has 2 rings (SSSR count). The molecule has 0 heterocycles. The Balaban J connectivity index is 2.37. The summed E-state index contributed by atoms with van der Waals surface area (Å²) in [6, 6.07) is 7.60. The molecule has 0 aliphatic carbocycles. The summed E-state index contributed by atoms with van der Waals surface area (Å²) in [6.07, 6.45) is 3.13. The third kappa shape index (κ3) is 7.72. The lowest BCUT2D eigenvalue weighted by Crippen LogP contribution is -2.43. The van der Waals surface area contributed by atoms with E-state index in [1.54, 1.807) is 19.9 Å². The van der Waals surface area contributed by atoms with Crippen LogP contribution >= 0.6 is 15.9 Å². The standard InChI is InChI=1S/C26H32BrN3O6S2/c1-7-8-25(18(2)3)29(38(35,36)26-20(5)15-19(4)16-21(26)6)17-22(27)13-14-28-37(33,34)24-11-9-23(10-12-24)30(31)32/h8-13,15-16,18,25,28H,1,14,17H2,2-6H3/b22-13-/t25-/m1/s1. The van der Waals surface area contributed by atoms with E-state index in [-0.39, 0.29) is 34.5 Å². The van der Waals surface area contributed by atoms with E-state index in [2.05, 4.69) is 33.0 Å². The van der Waals surface area contributed by atoms with Crippen molar-refractivity contribution in [2.45, 2.75) is 50.5 Å². The fourth-order valence-corrected chi connectivity index (χ4v) is 7.74. The summed E-state index contributed by atoms with van der Waals surface area (Å²) in [6.45, 7) is 12.6. The maximum absolute atomic E-state index is 14.0. The van der Waals surface area contributed by atoms with Gasteiger partial charge >= 0.3 is 0 Å². The van der Waals surface area contributed by atoms with Gasteiger partial charge in [-0.25, -0.2) is 21.6 Å². The number of aryl methyl sites for hydroxylation is 3. The molecule has 206 valence electrons. The van der Waals surface area contributed by atoms with E-state index < -0.39 is 31.0 Å². The van der Waals surface area contributed by atoms with Crippen LogP contribution in [0.15, 0.2) is 75.1 Å². The summed E-state index contributed by atoms with van der Waals surface area (Å²) in [7, 11) is -7.92. The molecule has 2 aromatic carbocycles. The Labute approximate surface area is 233 Å². The molecule has 0 spiro atoms. The topological polar surface area (TPSA) is 127 Å². The number of hydrogen-bond acceptors (Lipinski definition) is 6. The number of nitro benzene ring substituents is 1. The number of benzene rings is 2. The Hall–Kier alpha value is -2.60. The molecule has 0 saturated heterocycles. The molecule has 0 aliphatic heterocycles. The number of nitro groups is 1. The van der Waals surface area contributed by atoms with Gasteiger partial charge in [0, 0.05) is 29.7 Å². The monoisotopic (exact) mass is 625 g/mol. The van der Waals surface area contributed by atoms with Crippen molar-refractivity contribution in [3.05, 3.63) is 92.1 Å². The molecule has 0 saturated carbocycles. The second-order valence-electron chi connectivity index (χ2n) is 9.14. The second-order valence-corrected chi connectivity index (χ2v) is 13.8. The molecule has 0 unspecified atom stereocenters. The number of halogens is 1. The second kappa shape index (κ2) is 13.0. The Morgan fingerprint density at radius 3 is 2.16 bits per heavy atom. The molecule has 38 heavy (non-hydrogen) atoms. The number of rotatable bonds is 12.